The SMILES string of the molecule is CCC1(OC(=O)/C=C\C(=O)N(C(C)C)C(C)C)CCCCC1. The maximum atomic E-state index is 12.2. The molecule has 0 atom stereocenters. The molecule has 0 radical (unpaired) electrons. The van der Waals surface area contributed by atoms with Crippen LogP contribution in [0.25, 0.3) is 0 Å². The molecule has 1 saturated carbocycles. The molecule has 1 aliphatic rings. The second-order valence-electron chi connectivity index (χ2n) is 6.78. The monoisotopic (exact) mass is 309 g/mol. The summed E-state index contributed by atoms with van der Waals surface area (Å²) in [6, 6.07) is 0.210. The fourth-order valence-corrected chi connectivity index (χ4v) is 3.30. The molecule has 4 heteroatoms. The van der Waals surface area contributed by atoms with Crippen molar-refractivity contribution in [2.75, 3.05) is 0 Å². The van der Waals surface area contributed by atoms with Gasteiger partial charge in [-0.1, -0.05) is 13.3 Å². The van der Waals surface area contributed by atoms with Crippen molar-refractivity contribution in [1.29, 1.82) is 0 Å². The molecular formula is C18H31NO3. The summed E-state index contributed by atoms with van der Waals surface area (Å²) in [7, 11) is 0. The third-order valence-electron chi connectivity index (χ3n) is 4.46. The first-order valence-corrected chi connectivity index (χ1v) is 8.54. The van der Waals surface area contributed by atoms with Crippen LogP contribution in [0.5, 0.6) is 0 Å². The van der Waals surface area contributed by atoms with Gasteiger partial charge in [0.25, 0.3) is 0 Å². The molecule has 22 heavy (non-hydrogen) atoms. The fourth-order valence-electron chi connectivity index (χ4n) is 3.30. The number of hydrogen-bond donors (Lipinski definition) is 0. The number of nitrogens with zero attached hydrogens (tertiary/aromatic N) is 1. The largest absolute Gasteiger partial charge is 0.456 e. The molecule has 0 aromatic carbocycles. The van der Waals surface area contributed by atoms with Crippen LogP contribution in [0.3, 0.4) is 0 Å². The molecule has 0 saturated heterocycles. The number of ether oxygens (including phenoxy) is 1. The van der Waals surface area contributed by atoms with Crippen molar-refractivity contribution < 1.29 is 14.3 Å². The third-order valence-corrected chi connectivity index (χ3v) is 4.46. The van der Waals surface area contributed by atoms with Crippen LogP contribution in [0.2, 0.25) is 0 Å². The highest BCUT2D eigenvalue weighted by molar-refractivity contribution is 5.94. The van der Waals surface area contributed by atoms with E-state index < -0.39 is 5.97 Å². The van der Waals surface area contributed by atoms with E-state index in [2.05, 4.69) is 6.92 Å². The van der Waals surface area contributed by atoms with E-state index >= 15 is 0 Å². The minimum Gasteiger partial charge on any atom is -0.456 e. The Bertz CT molecular complexity index is 399. The molecule has 1 amide bonds. The number of hydrogen-bond acceptors (Lipinski definition) is 3. The minimum absolute atomic E-state index is 0.105. The Morgan fingerprint density at radius 1 is 1.05 bits per heavy atom. The van der Waals surface area contributed by atoms with Gasteiger partial charge in [0.2, 0.25) is 5.91 Å². The lowest BCUT2D eigenvalue weighted by atomic mass is 9.83. The van der Waals surface area contributed by atoms with Gasteiger partial charge < -0.3 is 9.64 Å². The molecule has 0 aromatic rings. The Balaban J connectivity index is 2.64. The second kappa shape index (κ2) is 8.35. The lowest BCUT2D eigenvalue weighted by molar-refractivity contribution is -0.157. The summed E-state index contributed by atoms with van der Waals surface area (Å²) in [5.41, 5.74) is -0.321. The third kappa shape index (κ3) is 5.15. The Labute approximate surface area is 134 Å². The van der Waals surface area contributed by atoms with E-state index in [9.17, 15) is 9.59 Å². The summed E-state index contributed by atoms with van der Waals surface area (Å²) in [6.45, 7) is 9.94. The summed E-state index contributed by atoms with van der Waals surface area (Å²) in [6.07, 6.45) is 8.76. The van der Waals surface area contributed by atoms with Gasteiger partial charge in [0.05, 0.1) is 0 Å². The first kappa shape index (κ1) is 18.7. The molecule has 0 unspecified atom stereocenters. The molecule has 0 heterocycles. The van der Waals surface area contributed by atoms with Crippen LogP contribution in [0.15, 0.2) is 12.2 Å². The highest BCUT2D eigenvalue weighted by Crippen LogP contribution is 2.34. The highest BCUT2D eigenvalue weighted by atomic mass is 16.6. The van der Waals surface area contributed by atoms with Crippen molar-refractivity contribution in [3.8, 4) is 0 Å². The maximum absolute atomic E-state index is 12.2. The van der Waals surface area contributed by atoms with Gasteiger partial charge in [-0.05, 0) is 59.8 Å². The summed E-state index contributed by atoms with van der Waals surface area (Å²) >= 11 is 0. The van der Waals surface area contributed by atoms with Gasteiger partial charge in [0, 0.05) is 24.2 Å². The second-order valence-corrected chi connectivity index (χ2v) is 6.78. The Hall–Kier alpha value is -1.32. The van der Waals surface area contributed by atoms with Crippen LogP contribution in [0, 0.1) is 0 Å². The standard InChI is InChI=1S/C18H31NO3/c1-6-18(12-8-7-9-13-18)22-17(21)11-10-16(20)19(14(2)3)15(4)5/h10-11,14-15H,6-9,12-13H2,1-5H3/b11-10-. The summed E-state index contributed by atoms with van der Waals surface area (Å²) in [4.78, 5) is 26.0. The van der Waals surface area contributed by atoms with E-state index in [-0.39, 0.29) is 23.6 Å². The molecule has 1 rings (SSSR count). The van der Waals surface area contributed by atoms with Crippen LogP contribution in [0.4, 0.5) is 0 Å². The van der Waals surface area contributed by atoms with Crippen molar-refractivity contribution in [2.45, 2.75) is 90.8 Å². The topological polar surface area (TPSA) is 46.6 Å². The smallest absolute Gasteiger partial charge is 0.331 e. The predicted octanol–water partition coefficient (Wildman–Crippen LogP) is 3.84. The van der Waals surface area contributed by atoms with Crippen molar-refractivity contribution in [2.24, 2.45) is 0 Å². The van der Waals surface area contributed by atoms with Gasteiger partial charge in [0.1, 0.15) is 5.60 Å². The van der Waals surface area contributed by atoms with Gasteiger partial charge >= 0.3 is 5.97 Å². The van der Waals surface area contributed by atoms with Gasteiger partial charge in [-0.2, -0.15) is 0 Å². The van der Waals surface area contributed by atoms with E-state index in [0.717, 1.165) is 32.1 Å². The number of rotatable bonds is 6. The number of carbonyl (C=O) groups is 2. The molecule has 0 bridgehead atoms. The Morgan fingerprint density at radius 3 is 2.05 bits per heavy atom. The van der Waals surface area contributed by atoms with Crippen LogP contribution < -0.4 is 0 Å². The van der Waals surface area contributed by atoms with Crippen molar-refractivity contribution in [3.63, 3.8) is 0 Å². The van der Waals surface area contributed by atoms with Crippen LogP contribution in [-0.2, 0) is 14.3 Å². The molecule has 1 fully saturated rings. The first-order chi connectivity index (χ1) is 10.3. The summed E-state index contributed by atoms with van der Waals surface area (Å²) in [5, 5.41) is 0. The molecule has 1 aliphatic carbocycles. The predicted molar refractivity (Wildman–Crippen MR) is 88.5 cm³/mol. The van der Waals surface area contributed by atoms with Crippen molar-refractivity contribution in [3.05, 3.63) is 12.2 Å². The normalized spacial score (nSPS) is 18.0. The Kier molecular flexibility index (Phi) is 7.11. The number of esters is 1. The van der Waals surface area contributed by atoms with E-state index in [4.69, 9.17) is 4.74 Å². The molecule has 4 nitrogen and oxygen atoms in total. The summed E-state index contributed by atoms with van der Waals surface area (Å²) < 4.78 is 5.68. The molecule has 0 aromatic heterocycles. The molecule has 0 N–H and O–H groups in total. The van der Waals surface area contributed by atoms with Crippen LogP contribution in [-0.4, -0.2) is 34.5 Å². The zero-order valence-electron chi connectivity index (χ0n) is 14.7. The summed E-state index contributed by atoms with van der Waals surface area (Å²) in [5.74, 6) is -0.541. The number of amides is 1. The lowest BCUT2D eigenvalue weighted by Gasteiger charge is -2.35. The van der Waals surface area contributed by atoms with Crippen LogP contribution >= 0.6 is 0 Å². The van der Waals surface area contributed by atoms with Gasteiger partial charge in [0.15, 0.2) is 0 Å². The zero-order valence-corrected chi connectivity index (χ0v) is 14.7. The van der Waals surface area contributed by atoms with E-state index in [1.807, 2.05) is 27.7 Å². The Morgan fingerprint density at radius 2 is 1.59 bits per heavy atom. The number of carbonyl (C=O) groups excluding carboxylic acids is 2. The van der Waals surface area contributed by atoms with Gasteiger partial charge in [-0.15, -0.1) is 0 Å². The van der Waals surface area contributed by atoms with Crippen molar-refractivity contribution >= 4 is 11.9 Å². The maximum Gasteiger partial charge on any atom is 0.331 e. The van der Waals surface area contributed by atoms with Crippen molar-refractivity contribution in [1.82, 2.24) is 4.90 Å². The van der Waals surface area contributed by atoms with Crippen LogP contribution in [0.1, 0.15) is 73.1 Å². The highest BCUT2D eigenvalue weighted by Gasteiger charge is 2.33. The lowest BCUT2D eigenvalue weighted by Crippen LogP contribution is -2.41. The van der Waals surface area contributed by atoms with Gasteiger partial charge in [-0.25, -0.2) is 4.79 Å². The van der Waals surface area contributed by atoms with E-state index in [0.29, 0.717) is 0 Å². The van der Waals surface area contributed by atoms with Gasteiger partial charge in [-0.3, -0.25) is 4.79 Å². The first-order valence-electron chi connectivity index (χ1n) is 8.54. The fraction of sp³-hybridized carbons (Fsp3) is 0.778. The minimum atomic E-state index is -0.399. The average Bonchev–Trinajstić information content (AvgIpc) is 2.45. The van der Waals surface area contributed by atoms with E-state index in [1.165, 1.54) is 18.6 Å². The molecular weight excluding hydrogens is 278 g/mol. The van der Waals surface area contributed by atoms with E-state index in [1.54, 1.807) is 4.90 Å². The molecule has 0 aliphatic heterocycles. The molecule has 126 valence electrons. The quantitative estimate of drug-likeness (QED) is 0.553. The molecule has 0 spiro atoms. The zero-order chi connectivity index (χ0) is 16.8. The average molecular weight is 309 g/mol.